The van der Waals surface area contributed by atoms with E-state index >= 15 is 0 Å². The van der Waals surface area contributed by atoms with Crippen molar-refractivity contribution in [3.63, 3.8) is 0 Å². The van der Waals surface area contributed by atoms with E-state index in [9.17, 15) is 0 Å². The van der Waals surface area contributed by atoms with Gasteiger partial charge in [0.25, 0.3) is 0 Å². The van der Waals surface area contributed by atoms with E-state index in [0.29, 0.717) is 10.5 Å². The average Bonchev–Trinajstić information content (AvgIpc) is 2.15. The topological polar surface area (TPSA) is 35.2 Å². The lowest BCUT2D eigenvalue weighted by Crippen LogP contribution is -2.34. The summed E-state index contributed by atoms with van der Waals surface area (Å²) >= 11 is 1.95. The molecule has 16 heavy (non-hydrogen) atoms. The monoisotopic (exact) mass is 237 g/mol. The molecule has 1 fully saturated rings. The standard InChI is InChI=1S/C13H19NOS/c1-9-4-3-5-11(6-9)13(10(2)14)16-12-7-15-8-12/h3-6,10,12-13H,7-8,14H2,1-2H3. The van der Waals surface area contributed by atoms with Crippen LogP contribution in [-0.2, 0) is 4.74 Å². The summed E-state index contributed by atoms with van der Waals surface area (Å²) in [6.07, 6.45) is 0. The third kappa shape index (κ3) is 2.78. The van der Waals surface area contributed by atoms with Crippen LogP contribution in [0.5, 0.6) is 0 Å². The number of thioether (sulfide) groups is 1. The first-order valence-electron chi connectivity index (χ1n) is 5.72. The number of hydrogen-bond donors (Lipinski definition) is 1. The molecule has 3 heteroatoms. The number of nitrogens with two attached hydrogens (primary N) is 1. The van der Waals surface area contributed by atoms with E-state index in [1.807, 2.05) is 11.8 Å². The van der Waals surface area contributed by atoms with Crippen molar-refractivity contribution in [3.05, 3.63) is 35.4 Å². The largest absolute Gasteiger partial charge is 0.379 e. The van der Waals surface area contributed by atoms with Crippen molar-refractivity contribution in [2.45, 2.75) is 30.4 Å². The van der Waals surface area contributed by atoms with E-state index < -0.39 is 0 Å². The van der Waals surface area contributed by atoms with Gasteiger partial charge in [0.2, 0.25) is 0 Å². The van der Waals surface area contributed by atoms with E-state index in [-0.39, 0.29) is 6.04 Å². The van der Waals surface area contributed by atoms with Crippen molar-refractivity contribution in [3.8, 4) is 0 Å². The predicted octanol–water partition coefficient (Wildman–Crippen LogP) is 2.52. The highest BCUT2D eigenvalue weighted by atomic mass is 32.2. The Bertz CT molecular complexity index is 350. The minimum absolute atomic E-state index is 0.174. The summed E-state index contributed by atoms with van der Waals surface area (Å²) < 4.78 is 5.21. The second-order valence-corrected chi connectivity index (χ2v) is 5.94. The van der Waals surface area contributed by atoms with Gasteiger partial charge in [0.15, 0.2) is 0 Å². The molecule has 1 aliphatic heterocycles. The zero-order chi connectivity index (χ0) is 11.5. The van der Waals surface area contributed by atoms with Crippen molar-refractivity contribution in [1.82, 2.24) is 0 Å². The summed E-state index contributed by atoms with van der Waals surface area (Å²) in [7, 11) is 0. The van der Waals surface area contributed by atoms with Crippen LogP contribution >= 0.6 is 11.8 Å². The molecule has 1 aromatic rings. The highest BCUT2D eigenvalue weighted by molar-refractivity contribution is 8.00. The molecule has 1 heterocycles. The van der Waals surface area contributed by atoms with E-state index in [1.54, 1.807) is 0 Å². The maximum Gasteiger partial charge on any atom is 0.0608 e. The summed E-state index contributed by atoms with van der Waals surface area (Å²) in [5, 5.41) is 1.00. The first-order chi connectivity index (χ1) is 7.66. The van der Waals surface area contributed by atoms with E-state index in [1.165, 1.54) is 11.1 Å². The van der Waals surface area contributed by atoms with E-state index in [4.69, 9.17) is 10.5 Å². The smallest absolute Gasteiger partial charge is 0.0608 e. The average molecular weight is 237 g/mol. The molecule has 0 spiro atoms. The maximum atomic E-state index is 6.08. The van der Waals surface area contributed by atoms with Gasteiger partial charge in [-0.2, -0.15) is 0 Å². The van der Waals surface area contributed by atoms with Crippen molar-refractivity contribution < 1.29 is 4.74 Å². The summed E-state index contributed by atoms with van der Waals surface area (Å²) in [6, 6.07) is 8.82. The number of hydrogen-bond acceptors (Lipinski definition) is 3. The van der Waals surface area contributed by atoms with Crippen LogP contribution in [0.2, 0.25) is 0 Å². The molecule has 2 rings (SSSR count). The Morgan fingerprint density at radius 1 is 1.44 bits per heavy atom. The minimum atomic E-state index is 0.174. The summed E-state index contributed by atoms with van der Waals surface area (Å²) in [4.78, 5) is 0. The fourth-order valence-corrected chi connectivity index (χ4v) is 3.17. The van der Waals surface area contributed by atoms with Crippen LogP contribution in [0.3, 0.4) is 0 Å². The molecule has 0 aliphatic carbocycles. The van der Waals surface area contributed by atoms with Gasteiger partial charge in [0.05, 0.1) is 18.5 Å². The molecule has 1 aliphatic rings. The van der Waals surface area contributed by atoms with E-state index in [0.717, 1.165) is 13.2 Å². The second kappa shape index (κ2) is 5.21. The highest BCUT2D eigenvalue weighted by Crippen LogP contribution is 2.37. The summed E-state index contributed by atoms with van der Waals surface area (Å²) in [5.41, 5.74) is 8.72. The predicted molar refractivity (Wildman–Crippen MR) is 69.8 cm³/mol. The van der Waals surface area contributed by atoms with Crippen molar-refractivity contribution in [1.29, 1.82) is 0 Å². The molecule has 2 N–H and O–H groups in total. The van der Waals surface area contributed by atoms with Crippen LogP contribution in [0.15, 0.2) is 24.3 Å². The first-order valence-corrected chi connectivity index (χ1v) is 6.66. The first kappa shape index (κ1) is 12.0. The van der Waals surface area contributed by atoms with Gasteiger partial charge in [-0.25, -0.2) is 0 Å². The lowest BCUT2D eigenvalue weighted by Gasteiger charge is -2.31. The van der Waals surface area contributed by atoms with Gasteiger partial charge in [0, 0.05) is 11.3 Å². The van der Waals surface area contributed by atoms with Crippen LogP contribution in [0.25, 0.3) is 0 Å². The van der Waals surface area contributed by atoms with Gasteiger partial charge in [0.1, 0.15) is 0 Å². The maximum absolute atomic E-state index is 6.08. The molecular weight excluding hydrogens is 218 g/mol. The Kier molecular flexibility index (Phi) is 3.90. The summed E-state index contributed by atoms with van der Waals surface area (Å²) in [6.45, 7) is 5.96. The third-order valence-electron chi connectivity index (χ3n) is 2.79. The third-order valence-corrected chi connectivity index (χ3v) is 4.45. The van der Waals surface area contributed by atoms with Gasteiger partial charge in [-0.3, -0.25) is 0 Å². The second-order valence-electron chi connectivity index (χ2n) is 4.49. The van der Waals surface area contributed by atoms with Crippen molar-refractivity contribution in [2.75, 3.05) is 13.2 Å². The Morgan fingerprint density at radius 2 is 2.19 bits per heavy atom. The van der Waals surface area contributed by atoms with Gasteiger partial charge >= 0.3 is 0 Å². The molecular formula is C13H19NOS. The molecule has 0 saturated carbocycles. The van der Waals surface area contributed by atoms with Crippen LogP contribution in [0, 0.1) is 6.92 Å². The van der Waals surface area contributed by atoms with Crippen LogP contribution in [-0.4, -0.2) is 24.5 Å². The van der Waals surface area contributed by atoms with E-state index in [2.05, 4.69) is 38.1 Å². The molecule has 1 aromatic carbocycles. The lowest BCUT2D eigenvalue weighted by atomic mass is 10.0. The number of benzene rings is 1. The van der Waals surface area contributed by atoms with Crippen LogP contribution < -0.4 is 5.73 Å². The molecule has 0 radical (unpaired) electrons. The van der Waals surface area contributed by atoms with Gasteiger partial charge in [-0.05, 0) is 19.4 Å². The number of aryl methyl sites for hydroxylation is 1. The fourth-order valence-electron chi connectivity index (χ4n) is 1.85. The molecule has 0 amide bonds. The Balaban J connectivity index is 2.11. The Labute approximate surface area is 102 Å². The molecule has 2 atom stereocenters. The molecule has 0 aromatic heterocycles. The van der Waals surface area contributed by atoms with Crippen LogP contribution in [0.1, 0.15) is 23.3 Å². The Morgan fingerprint density at radius 3 is 2.69 bits per heavy atom. The molecule has 2 nitrogen and oxygen atoms in total. The molecule has 1 saturated heterocycles. The summed E-state index contributed by atoms with van der Waals surface area (Å²) in [5.74, 6) is 0. The number of rotatable bonds is 4. The van der Waals surface area contributed by atoms with Gasteiger partial charge in [-0.1, -0.05) is 29.8 Å². The molecule has 0 bridgehead atoms. The zero-order valence-electron chi connectivity index (χ0n) is 9.85. The number of ether oxygens (including phenoxy) is 1. The Hall–Kier alpha value is -0.510. The van der Waals surface area contributed by atoms with Crippen LogP contribution in [0.4, 0.5) is 0 Å². The van der Waals surface area contributed by atoms with Crippen molar-refractivity contribution >= 4 is 11.8 Å². The lowest BCUT2D eigenvalue weighted by molar-refractivity contribution is 0.0452. The fraction of sp³-hybridized carbons (Fsp3) is 0.538. The quantitative estimate of drug-likeness (QED) is 0.874. The van der Waals surface area contributed by atoms with Gasteiger partial charge in [-0.15, -0.1) is 11.8 Å². The van der Waals surface area contributed by atoms with Crippen molar-refractivity contribution in [2.24, 2.45) is 5.73 Å². The molecule has 88 valence electrons. The SMILES string of the molecule is Cc1cccc(C(SC2COC2)C(C)N)c1. The normalized spacial score (nSPS) is 20.2. The molecule has 2 unspecified atom stereocenters. The highest BCUT2D eigenvalue weighted by Gasteiger charge is 2.26. The van der Waals surface area contributed by atoms with Gasteiger partial charge < -0.3 is 10.5 Å². The minimum Gasteiger partial charge on any atom is -0.379 e. The zero-order valence-corrected chi connectivity index (χ0v) is 10.7.